The van der Waals surface area contributed by atoms with Crippen LogP contribution in [0.4, 0.5) is 0 Å². The van der Waals surface area contributed by atoms with Crippen LogP contribution in [0.3, 0.4) is 0 Å². The molecule has 26 valence electrons. The molecule has 0 heterocycles. The van der Waals surface area contributed by atoms with E-state index in [9.17, 15) is 0 Å². The van der Waals surface area contributed by atoms with Gasteiger partial charge in [0.2, 0.25) is 0 Å². The van der Waals surface area contributed by atoms with E-state index in [0.29, 0.717) is 0 Å². The van der Waals surface area contributed by atoms with Crippen molar-refractivity contribution >= 4 is 61.1 Å². The molecule has 0 N–H and O–H groups in total. The van der Waals surface area contributed by atoms with Gasteiger partial charge in [-0.2, -0.15) is 0 Å². The van der Waals surface area contributed by atoms with Crippen LogP contribution in [0.1, 0.15) is 0 Å². The monoisotopic (exact) mass is 348 g/mol. The first-order valence-electron chi connectivity index (χ1n) is 0.577. The van der Waals surface area contributed by atoms with Crippen LogP contribution in [0.2, 0.25) is 0 Å². The van der Waals surface area contributed by atoms with E-state index >= 15 is 0 Å². The van der Waals surface area contributed by atoms with Gasteiger partial charge in [-0.3, -0.25) is 0 Å². The molecule has 0 spiro atoms. The molecular weight excluding hydrogens is 340 g/mol. The fraction of sp³-hybridized carbons (Fsp3) is 0. The zero-order valence-corrected chi connectivity index (χ0v) is 13.5. The van der Waals surface area contributed by atoms with E-state index in [1.54, 1.807) is 0 Å². The van der Waals surface area contributed by atoms with E-state index < -0.39 is 0 Å². The van der Waals surface area contributed by atoms with E-state index in [0.717, 1.165) is 10.1 Å². The van der Waals surface area contributed by atoms with Crippen LogP contribution in [0.5, 0.6) is 0 Å². The largest absolute Gasteiger partial charge is 0 e. The molecule has 5 heavy (non-hydrogen) atoms. The van der Waals surface area contributed by atoms with Crippen molar-refractivity contribution in [3.05, 3.63) is 0 Å². The van der Waals surface area contributed by atoms with Crippen molar-refractivity contribution in [3.8, 4) is 0 Å². The smallest absolute Gasteiger partial charge is 0 e. The van der Waals surface area contributed by atoms with Crippen LogP contribution >= 0.6 is 0 Å². The molecule has 0 aromatic rings. The summed E-state index contributed by atoms with van der Waals surface area (Å²) >= 11 is 0. The maximum absolute atomic E-state index is 4.64. The minimum absolute atomic E-state index is 0. The normalized spacial score (nSPS) is 1.60. The average Bonchev–Trinajstić information content (AvgIpc) is 1.00. The van der Waals surface area contributed by atoms with Gasteiger partial charge in [0.05, 0.1) is 0 Å². The SMILES string of the molecule is [AlH3].[B][SiH3].[BiH3].[Zn]. The summed E-state index contributed by atoms with van der Waals surface area (Å²) in [6.45, 7) is 0. The van der Waals surface area contributed by atoms with Crippen LogP contribution in [0, 0.1) is 0 Å². The van der Waals surface area contributed by atoms with Crippen LogP contribution in [0.25, 0.3) is 0 Å². The molecule has 0 atom stereocenters. The van der Waals surface area contributed by atoms with Gasteiger partial charge in [0.15, 0.2) is 17.4 Å². The Labute approximate surface area is 79.6 Å². The van der Waals surface area contributed by atoms with Gasteiger partial charge in [-0.15, -0.1) is 0 Å². The molecule has 0 saturated heterocycles. The Bertz CT molecular complexity index is 11.6. The van der Waals surface area contributed by atoms with Crippen LogP contribution in [0.15, 0.2) is 0 Å². The molecular formula is H9AlBBiSiZn. The zero-order valence-electron chi connectivity index (χ0n) is 2.99. The van der Waals surface area contributed by atoms with Crippen molar-refractivity contribution in [3.63, 3.8) is 0 Å². The fourth-order valence-corrected chi connectivity index (χ4v) is 0. The summed E-state index contributed by atoms with van der Waals surface area (Å²) in [4.78, 5) is 0. The molecule has 5 heteroatoms. The molecule has 0 amide bonds. The van der Waals surface area contributed by atoms with Gasteiger partial charge in [-0.05, 0) is 10.1 Å². The Hall–Kier alpha value is 2.32. The summed E-state index contributed by atoms with van der Waals surface area (Å²) in [5.74, 6) is 0. The van der Waals surface area contributed by atoms with E-state index in [-0.39, 0.29) is 63.0 Å². The third-order valence-corrected chi connectivity index (χ3v) is 0. The molecule has 0 aliphatic rings. The molecule has 0 aromatic carbocycles. The molecule has 0 rings (SSSR count). The molecule has 0 fully saturated rings. The summed E-state index contributed by atoms with van der Waals surface area (Å²) in [5.41, 5.74) is 0. The quantitative estimate of drug-likeness (QED) is 0.392. The van der Waals surface area contributed by atoms with Crippen molar-refractivity contribution < 1.29 is 19.5 Å². The Morgan fingerprint density at radius 1 is 1.20 bits per heavy atom. The van der Waals surface area contributed by atoms with Gasteiger partial charge in [-0.1, -0.05) is 0 Å². The molecule has 0 aliphatic carbocycles. The first kappa shape index (κ1) is 26.5. The van der Waals surface area contributed by atoms with Gasteiger partial charge in [0.1, 0.15) is 0 Å². The summed E-state index contributed by atoms with van der Waals surface area (Å²) in [7, 11) is 5.44. The van der Waals surface area contributed by atoms with Crippen molar-refractivity contribution in [2.45, 2.75) is 0 Å². The van der Waals surface area contributed by atoms with Gasteiger partial charge < -0.3 is 0 Å². The maximum atomic E-state index is 4.64. The van der Waals surface area contributed by atoms with Gasteiger partial charge in [-0.25, -0.2) is 0 Å². The number of rotatable bonds is 0. The number of hydrogen-bond acceptors (Lipinski definition) is 0. The van der Waals surface area contributed by atoms with Gasteiger partial charge >= 0.3 is 26.2 Å². The van der Waals surface area contributed by atoms with Gasteiger partial charge in [0.25, 0.3) is 0 Å². The van der Waals surface area contributed by atoms with Gasteiger partial charge in [0, 0.05) is 26.9 Å². The van der Waals surface area contributed by atoms with E-state index in [1.807, 2.05) is 0 Å². The van der Waals surface area contributed by atoms with Crippen molar-refractivity contribution in [1.82, 2.24) is 0 Å². The third kappa shape index (κ3) is 21.9. The van der Waals surface area contributed by atoms with E-state index in [2.05, 4.69) is 7.44 Å². The van der Waals surface area contributed by atoms with Crippen molar-refractivity contribution in [1.29, 1.82) is 0 Å². The third-order valence-electron chi connectivity index (χ3n) is 0. The summed E-state index contributed by atoms with van der Waals surface area (Å²) in [5, 5.41) is 0. The van der Waals surface area contributed by atoms with E-state index in [1.165, 1.54) is 0 Å². The Kier molecular flexibility index (Phi) is 176. The molecule has 0 aromatic heterocycles. The Balaban J connectivity index is -0.00000000167. The maximum Gasteiger partial charge on any atom is 0 e. The molecule has 0 nitrogen and oxygen atoms in total. The fourth-order valence-electron chi connectivity index (χ4n) is 0. The molecule has 0 unspecified atom stereocenters. The second-order valence-electron chi connectivity index (χ2n) is 0. The molecule has 2 radical (unpaired) electrons. The minimum atomic E-state index is 0. The van der Waals surface area contributed by atoms with Crippen LogP contribution in [-0.4, -0.2) is 61.1 Å². The van der Waals surface area contributed by atoms with Crippen molar-refractivity contribution in [2.75, 3.05) is 0 Å². The number of hydrogen-bond donors (Lipinski definition) is 0. The summed E-state index contributed by atoms with van der Waals surface area (Å²) < 4.78 is 0. The Morgan fingerprint density at radius 3 is 1.20 bits per heavy atom. The molecule has 0 bridgehead atoms. The summed E-state index contributed by atoms with van der Waals surface area (Å²) in [6, 6.07) is 0. The zero-order chi connectivity index (χ0) is 2.00. The van der Waals surface area contributed by atoms with E-state index in [4.69, 9.17) is 0 Å². The topological polar surface area (TPSA) is 0 Å². The van der Waals surface area contributed by atoms with Crippen LogP contribution in [-0.2, 0) is 19.5 Å². The second kappa shape index (κ2) is 33.2. The standard InChI is InChI=1S/Al.BH3Si.Bi.Zn.6H/c;1-2;;;;;;;;/h;2H3;;;;;;;;. The van der Waals surface area contributed by atoms with Crippen LogP contribution < -0.4 is 0 Å². The first-order valence-corrected chi connectivity index (χ1v) is 1.73. The Morgan fingerprint density at radius 2 is 1.20 bits per heavy atom. The predicted molar refractivity (Wildman–Crippen MR) is 35.6 cm³/mol. The second-order valence-corrected chi connectivity index (χ2v) is 0. The molecule has 0 saturated carbocycles. The molecule has 0 aliphatic heterocycles. The predicted octanol–water partition coefficient (Wildman–Crippen LogP) is -3.94. The summed E-state index contributed by atoms with van der Waals surface area (Å²) in [6.07, 6.45) is 0. The average molecular weight is 349 g/mol. The van der Waals surface area contributed by atoms with Crippen molar-refractivity contribution in [2.24, 2.45) is 0 Å². The first-order chi connectivity index (χ1) is 1.00. The minimum Gasteiger partial charge on any atom is 0 e.